The number of carbonyl (C=O) groups is 9. The summed E-state index contributed by atoms with van der Waals surface area (Å²) in [6, 6.07) is 17.1. The molecule has 6 heterocycles. The standard InChI is InChI=1S/C79H100N12O23S2/c1-42(2)62(86-60(93)33-90-49(35-111-27-28-116(108,109)110)30-55(71(90)102)83-59(92)21-22-61(94)95)70(101)81-43(3)68(99)82-48-17-15-47(46(29-48)16-19-56-64(96)65(97)66(98)67(114-56)73(105)106)34-112-75(107)88(7)25-26-113-79-38-76(5)36-77(6,39-79)78(37-76,40-79)41-91-44(4)52(31-80-91)50-18-20-58(85-63(50)72(103)104)89-24-23-45-11-10-12-51(53(45)32-89)69(100)87-74-84-54-13-8-9-14-57(54)115-74/h8-15,17-18,20,29,31,42-43,49,55-56,62,64-67,71,96-98,102H,16,19,21-28,30,32-41H2,1-7H3,(H,81,101)(H,82,99)(H,83,92)(H,86,93)(H,94,95)(H,103,104)(H,105,106)(H,84,87,100)(H,108,109,110)/t43-,49-,55-,56-,62-,64-,65+,66-,67-,71?,76?,77?,78?,79?/m0/s1. The number of aliphatic hydroxyl groups is 4. The van der Waals surface area contributed by atoms with Crippen molar-refractivity contribution in [2.75, 3.05) is 67.8 Å². The summed E-state index contributed by atoms with van der Waals surface area (Å²) < 4.78 is 58.6. The third-order valence-electron chi connectivity index (χ3n) is 23.6. The highest BCUT2D eigenvalue weighted by Crippen LogP contribution is 2.78. The van der Waals surface area contributed by atoms with Crippen molar-refractivity contribution >= 4 is 102 Å². The molecule has 3 aromatic carbocycles. The second-order valence-electron chi connectivity index (χ2n) is 32.6. The average Bonchev–Trinajstić information content (AvgIpc) is 1.50. The molecule has 116 heavy (non-hydrogen) atoms. The van der Waals surface area contributed by atoms with Gasteiger partial charge in [0.25, 0.3) is 16.0 Å². The van der Waals surface area contributed by atoms with Crippen molar-refractivity contribution in [3.63, 3.8) is 0 Å². The van der Waals surface area contributed by atoms with Crippen LogP contribution in [0.2, 0.25) is 0 Å². The molecule has 7 aliphatic rings. The van der Waals surface area contributed by atoms with Gasteiger partial charge in [0.05, 0.1) is 72.7 Å². The zero-order valence-electron chi connectivity index (χ0n) is 65.4. The number of aryl methyl sites for hydroxylation is 1. The third kappa shape index (κ3) is 19.1. The van der Waals surface area contributed by atoms with Crippen molar-refractivity contribution in [2.45, 2.75) is 198 Å². The third-order valence-corrected chi connectivity index (χ3v) is 25.3. The molecule has 6 amide bonds. The molecule has 13 N–H and O–H groups in total. The number of anilines is 3. The number of carboxylic acid groups (broad SMARTS) is 3. The van der Waals surface area contributed by atoms with Crippen molar-refractivity contribution in [3.8, 4) is 11.1 Å². The van der Waals surface area contributed by atoms with E-state index >= 15 is 0 Å². The number of rotatable bonds is 34. The molecule has 626 valence electrons. The first kappa shape index (κ1) is 85.7. The Balaban J connectivity index is 0.666. The van der Waals surface area contributed by atoms with Crippen molar-refractivity contribution in [2.24, 2.45) is 22.2 Å². The molecule has 2 saturated heterocycles. The van der Waals surface area contributed by atoms with E-state index in [-0.39, 0.29) is 79.2 Å². The summed E-state index contributed by atoms with van der Waals surface area (Å²) in [7, 11) is -2.84. The maximum Gasteiger partial charge on any atom is 0.409 e. The van der Waals surface area contributed by atoms with Gasteiger partial charge < -0.3 is 85.8 Å². The topological polar surface area (TPSA) is 500 Å². The molecule has 13 rings (SSSR count). The van der Waals surface area contributed by atoms with Gasteiger partial charge in [-0.2, -0.15) is 13.5 Å². The molecule has 3 aliphatic heterocycles. The van der Waals surface area contributed by atoms with Crippen LogP contribution in [0.5, 0.6) is 0 Å². The van der Waals surface area contributed by atoms with Gasteiger partial charge in [-0.05, 0) is 159 Å². The largest absolute Gasteiger partial charge is 0.481 e. The minimum atomic E-state index is -4.40. The van der Waals surface area contributed by atoms with Crippen LogP contribution in [0.4, 0.5) is 21.4 Å². The summed E-state index contributed by atoms with van der Waals surface area (Å²) in [6.45, 7) is 11.2. The number of aromatic nitrogens is 4. The highest BCUT2D eigenvalue weighted by molar-refractivity contribution is 7.85. The molecule has 14 atom stereocenters. The van der Waals surface area contributed by atoms with Gasteiger partial charge in [0, 0.05) is 73.8 Å². The summed E-state index contributed by atoms with van der Waals surface area (Å²) >= 11 is 1.39. The van der Waals surface area contributed by atoms with Crippen molar-refractivity contribution in [1.82, 2.24) is 45.5 Å². The van der Waals surface area contributed by atoms with E-state index in [0.717, 1.165) is 59.1 Å². The van der Waals surface area contributed by atoms with Crippen LogP contribution in [0.1, 0.15) is 141 Å². The lowest BCUT2D eigenvalue weighted by Crippen LogP contribution is -2.59. The van der Waals surface area contributed by atoms with Gasteiger partial charge in [-0.1, -0.05) is 69.4 Å². The Labute approximate surface area is 672 Å². The Morgan fingerprint density at radius 2 is 1.58 bits per heavy atom. The van der Waals surface area contributed by atoms with Crippen LogP contribution >= 0.6 is 11.3 Å². The Morgan fingerprint density at radius 3 is 2.30 bits per heavy atom. The van der Waals surface area contributed by atoms with E-state index in [2.05, 4.69) is 45.4 Å². The average molecular weight is 1650 g/mol. The number of pyridine rings is 1. The van der Waals surface area contributed by atoms with Crippen molar-refractivity contribution in [3.05, 3.63) is 118 Å². The van der Waals surface area contributed by atoms with Crippen LogP contribution in [-0.4, -0.2) is 251 Å². The SMILES string of the molecule is Cc1c(-c2ccc(N3CCc4cccc(C(=O)Nc5nc6ccccc6s5)c4C3)nc2C(=O)O)cnn1CC12CC3(C)CC(OCCN(C)C(=O)OCc4ccc(NC(=O)[C@H](C)NC(=O)[C@@H](NC(=O)CN5C(O)[C@@H](NC(=O)CCC(=O)O)C[C@H]5COCCS(=O)(=O)O)C(C)C)cc4CC[C@@H]4O[C@H](C(=O)O)[C@@H](O)[C@H](O)[C@H]4O)(CC1(C)C3)C2. The zero-order chi connectivity index (χ0) is 83.7. The second-order valence-corrected chi connectivity index (χ2v) is 35.2. The van der Waals surface area contributed by atoms with E-state index in [1.165, 1.54) is 40.2 Å². The lowest BCUT2D eigenvalue weighted by Gasteiger charge is -2.46. The van der Waals surface area contributed by atoms with Crippen LogP contribution in [-0.2, 0) is 90.4 Å². The van der Waals surface area contributed by atoms with E-state index in [1.807, 2.05) is 59.0 Å². The number of aliphatic carboxylic acids is 2. The fraction of sp³-hybridized carbons (Fsp3) is 0.544. The van der Waals surface area contributed by atoms with Crippen LogP contribution in [0.15, 0.2) is 79.0 Å². The van der Waals surface area contributed by atoms with E-state index in [1.54, 1.807) is 45.3 Å². The van der Waals surface area contributed by atoms with E-state index in [9.17, 15) is 86.8 Å². The molecular formula is C79H100N12O23S2. The second kappa shape index (κ2) is 34.9. The lowest BCUT2D eigenvalue weighted by atomic mass is 9.65. The predicted octanol–water partition coefficient (Wildman–Crippen LogP) is 4.49. The van der Waals surface area contributed by atoms with Gasteiger partial charge in [0.1, 0.15) is 49.0 Å². The number of benzene rings is 3. The van der Waals surface area contributed by atoms with Gasteiger partial charge in [-0.3, -0.25) is 48.2 Å². The van der Waals surface area contributed by atoms with E-state index in [0.29, 0.717) is 64.8 Å². The van der Waals surface area contributed by atoms with Gasteiger partial charge >= 0.3 is 24.0 Å². The van der Waals surface area contributed by atoms with Crippen molar-refractivity contribution < 1.29 is 111 Å². The Bertz CT molecular complexity index is 4840. The molecule has 4 bridgehead atoms. The van der Waals surface area contributed by atoms with Gasteiger partial charge in [-0.25, -0.2) is 24.4 Å². The molecule has 37 heteroatoms. The van der Waals surface area contributed by atoms with Gasteiger partial charge in [0.15, 0.2) is 16.9 Å². The summed E-state index contributed by atoms with van der Waals surface area (Å²) in [6.07, 6.45) is -5.66. The van der Waals surface area contributed by atoms with Gasteiger partial charge in [0.2, 0.25) is 23.6 Å². The molecule has 0 radical (unpaired) electrons. The quantitative estimate of drug-likeness (QED) is 0.0195. The summed E-state index contributed by atoms with van der Waals surface area (Å²) in [5.74, 6) is -8.21. The number of nitrogens with one attached hydrogen (secondary N) is 5. The lowest BCUT2D eigenvalue weighted by molar-refractivity contribution is -0.228. The number of likely N-dealkylation sites (N-methyl/N-ethyl adjacent to an activating group) is 1. The Kier molecular flexibility index (Phi) is 25.8. The number of ether oxygens (including phenoxy) is 4. The first-order valence-corrected chi connectivity index (χ1v) is 41.0. The molecule has 4 saturated carbocycles. The monoisotopic (exact) mass is 1650 g/mol. The molecule has 35 nitrogen and oxygen atoms in total. The normalized spacial score (nSPS) is 26.0. The summed E-state index contributed by atoms with van der Waals surface area (Å²) in [5.41, 5.74) is 4.82. The number of aliphatic hydroxyl groups excluding tert-OH is 4. The van der Waals surface area contributed by atoms with E-state index < -0.39 is 162 Å². The highest BCUT2D eigenvalue weighted by Gasteiger charge is 2.74. The zero-order valence-corrected chi connectivity index (χ0v) is 67.0. The first-order valence-electron chi connectivity index (χ1n) is 38.6. The predicted molar refractivity (Wildman–Crippen MR) is 418 cm³/mol. The highest BCUT2D eigenvalue weighted by atomic mass is 32.2. The molecule has 3 aromatic heterocycles. The number of thiazole rings is 1. The van der Waals surface area contributed by atoms with Crippen LogP contribution in [0, 0.1) is 29.1 Å². The Morgan fingerprint density at radius 1 is 0.810 bits per heavy atom. The number of hydrogen-bond donors (Lipinski definition) is 13. The Hall–Kier alpha value is -9.67. The first-order chi connectivity index (χ1) is 54.8. The number of para-hydroxylation sites is 1. The number of aromatic carboxylic acids is 1. The fourth-order valence-corrected chi connectivity index (χ4v) is 19.5. The smallest absolute Gasteiger partial charge is 0.409 e. The molecule has 0 spiro atoms. The maximum absolute atomic E-state index is 13.9. The van der Waals surface area contributed by atoms with Crippen LogP contribution in [0.3, 0.4) is 0 Å². The van der Waals surface area contributed by atoms with Crippen LogP contribution in [0.25, 0.3) is 21.3 Å². The molecule has 5 unspecified atom stereocenters. The number of fused-ring (bicyclic) bond motifs is 2. The summed E-state index contributed by atoms with van der Waals surface area (Å²) in [5, 5.41) is 91.9. The summed E-state index contributed by atoms with van der Waals surface area (Å²) in [4.78, 5) is 132. The minimum Gasteiger partial charge on any atom is -0.481 e. The number of carboxylic acids is 3. The van der Waals surface area contributed by atoms with Crippen molar-refractivity contribution in [1.29, 1.82) is 0 Å². The molecule has 6 fully saturated rings. The number of nitrogens with zero attached hydrogens (tertiary/aromatic N) is 7. The number of carbonyl (C=O) groups excluding carboxylic acids is 6. The van der Waals surface area contributed by atoms with Crippen LogP contribution < -0.4 is 31.5 Å². The number of hydrogen-bond acceptors (Lipinski definition) is 25. The maximum atomic E-state index is 13.9. The molecule has 4 aliphatic carbocycles. The minimum absolute atomic E-state index is 0.0318. The van der Waals surface area contributed by atoms with Gasteiger partial charge in [-0.15, -0.1) is 0 Å². The van der Waals surface area contributed by atoms with E-state index in [4.69, 9.17) is 34.1 Å². The number of amides is 6. The fourth-order valence-electron chi connectivity index (χ4n) is 18.3. The number of likely N-dealkylation sites (tertiary alicyclic amines) is 1. The molecule has 6 aromatic rings. The molecular weight excluding hydrogens is 1550 g/mol.